The van der Waals surface area contributed by atoms with Crippen LogP contribution in [0.3, 0.4) is 0 Å². The Balaban J connectivity index is 2.68. The normalized spacial score (nSPS) is 12.1. The fourth-order valence-electron chi connectivity index (χ4n) is 1.33. The first-order valence-electron chi connectivity index (χ1n) is 5.10. The van der Waals surface area contributed by atoms with Gasteiger partial charge in [-0.25, -0.2) is 0 Å². The number of thiophene rings is 1. The van der Waals surface area contributed by atoms with E-state index in [1.165, 1.54) is 11.3 Å². The molecule has 0 radical (unpaired) electrons. The molecule has 1 rings (SSSR count). The number of aliphatic carboxylic acids is 1. The van der Waals surface area contributed by atoms with Crippen LogP contribution in [-0.4, -0.2) is 35.0 Å². The Labute approximate surface area is 98.5 Å². The van der Waals surface area contributed by atoms with Crippen molar-refractivity contribution in [2.24, 2.45) is 5.92 Å². The van der Waals surface area contributed by atoms with Crippen LogP contribution in [0, 0.1) is 5.92 Å². The number of nitrogens with zero attached hydrogens (tertiary/aromatic N) is 1. The molecule has 0 aromatic carbocycles. The maximum atomic E-state index is 11.9. The summed E-state index contributed by atoms with van der Waals surface area (Å²) in [5.41, 5.74) is 0.629. The lowest BCUT2D eigenvalue weighted by Crippen LogP contribution is -2.36. The molecule has 1 amide bonds. The Bertz CT molecular complexity index is 361. The van der Waals surface area contributed by atoms with Crippen LogP contribution in [0.4, 0.5) is 0 Å². The lowest BCUT2D eigenvalue weighted by atomic mass is 10.1. The molecule has 1 N–H and O–H groups in total. The van der Waals surface area contributed by atoms with Crippen molar-refractivity contribution in [1.29, 1.82) is 0 Å². The fourth-order valence-corrected chi connectivity index (χ4v) is 1.96. The third-order valence-electron chi connectivity index (χ3n) is 2.35. The molecule has 0 saturated carbocycles. The van der Waals surface area contributed by atoms with Crippen LogP contribution in [0.15, 0.2) is 16.8 Å². The maximum absolute atomic E-state index is 11.9. The third kappa shape index (κ3) is 3.06. The Morgan fingerprint density at radius 3 is 2.69 bits per heavy atom. The molecule has 1 heterocycles. The third-order valence-corrected chi connectivity index (χ3v) is 3.04. The second kappa shape index (κ2) is 5.65. The molecule has 0 aliphatic carbocycles. The number of carbonyl (C=O) groups is 2. The van der Waals surface area contributed by atoms with Crippen LogP contribution >= 0.6 is 11.3 Å². The summed E-state index contributed by atoms with van der Waals surface area (Å²) in [4.78, 5) is 24.2. The first-order valence-corrected chi connectivity index (χ1v) is 6.04. The van der Waals surface area contributed by atoms with Crippen molar-refractivity contribution in [1.82, 2.24) is 4.90 Å². The first-order chi connectivity index (χ1) is 7.56. The van der Waals surface area contributed by atoms with E-state index < -0.39 is 11.9 Å². The number of carboxylic acid groups (broad SMARTS) is 1. The van der Waals surface area contributed by atoms with Gasteiger partial charge in [-0.05, 0) is 18.4 Å². The summed E-state index contributed by atoms with van der Waals surface area (Å²) < 4.78 is 0. The lowest BCUT2D eigenvalue weighted by molar-refractivity contribution is -0.141. The van der Waals surface area contributed by atoms with Crippen molar-refractivity contribution in [2.45, 2.75) is 13.8 Å². The minimum absolute atomic E-state index is 0.100. The quantitative estimate of drug-likeness (QED) is 0.857. The van der Waals surface area contributed by atoms with Gasteiger partial charge >= 0.3 is 5.97 Å². The van der Waals surface area contributed by atoms with E-state index in [1.54, 1.807) is 23.3 Å². The molecule has 1 atom stereocenters. The van der Waals surface area contributed by atoms with Crippen molar-refractivity contribution in [2.75, 3.05) is 13.1 Å². The highest BCUT2D eigenvalue weighted by Gasteiger charge is 2.20. The second-order valence-corrected chi connectivity index (χ2v) is 4.38. The van der Waals surface area contributed by atoms with Gasteiger partial charge < -0.3 is 10.0 Å². The van der Waals surface area contributed by atoms with Gasteiger partial charge in [-0.2, -0.15) is 11.3 Å². The van der Waals surface area contributed by atoms with Crippen molar-refractivity contribution in [3.8, 4) is 0 Å². The summed E-state index contributed by atoms with van der Waals surface area (Å²) in [6, 6.07) is 1.75. The summed E-state index contributed by atoms with van der Waals surface area (Å²) in [5.74, 6) is -1.52. The standard InChI is InChI=1S/C11H15NO3S/c1-3-12(6-8(2)11(14)15)10(13)9-4-5-16-7-9/h4-5,7-8H,3,6H2,1-2H3,(H,14,15). The van der Waals surface area contributed by atoms with Crippen molar-refractivity contribution >= 4 is 23.2 Å². The predicted molar refractivity (Wildman–Crippen MR) is 62.7 cm³/mol. The van der Waals surface area contributed by atoms with Gasteiger partial charge in [0.25, 0.3) is 5.91 Å². The van der Waals surface area contributed by atoms with Gasteiger partial charge in [-0.1, -0.05) is 6.92 Å². The highest BCUT2D eigenvalue weighted by molar-refractivity contribution is 7.08. The molecular weight excluding hydrogens is 226 g/mol. The van der Waals surface area contributed by atoms with Crippen LogP contribution in [0.1, 0.15) is 24.2 Å². The summed E-state index contributed by atoms with van der Waals surface area (Å²) in [6.07, 6.45) is 0. The molecular formula is C11H15NO3S. The smallest absolute Gasteiger partial charge is 0.308 e. The van der Waals surface area contributed by atoms with Crippen LogP contribution < -0.4 is 0 Å². The minimum atomic E-state index is -0.878. The van der Waals surface area contributed by atoms with E-state index in [-0.39, 0.29) is 12.5 Å². The van der Waals surface area contributed by atoms with Gasteiger partial charge in [0, 0.05) is 18.5 Å². The molecule has 0 fully saturated rings. The molecule has 4 nitrogen and oxygen atoms in total. The van der Waals surface area contributed by atoms with E-state index in [1.807, 2.05) is 12.3 Å². The lowest BCUT2D eigenvalue weighted by Gasteiger charge is -2.22. The van der Waals surface area contributed by atoms with Crippen molar-refractivity contribution < 1.29 is 14.7 Å². The molecule has 0 bridgehead atoms. The SMILES string of the molecule is CCN(CC(C)C(=O)O)C(=O)c1ccsc1. The van der Waals surface area contributed by atoms with Crippen LogP contribution in [-0.2, 0) is 4.79 Å². The Kier molecular flexibility index (Phi) is 4.49. The zero-order chi connectivity index (χ0) is 12.1. The number of carboxylic acids is 1. The van der Waals surface area contributed by atoms with E-state index in [0.29, 0.717) is 12.1 Å². The zero-order valence-electron chi connectivity index (χ0n) is 9.34. The monoisotopic (exact) mass is 241 g/mol. The molecule has 16 heavy (non-hydrogen) atoms. The fraction of sp³-hybridized carbons (Fsp3) is 0.455. The van der Waals surface area contributed by atoms with Crippen LogP contribution in [0.5, 0.6) is 0 Å². The Morgan fingerprint density at radius 1 is 1.56 bits per heavy atom. The van der Waals surface area contributed by atoms with Crippen LogP contribution in [0.25, 0.3) is 0 Å². The van der Waals surface area contributed by atoms with E-state index in [0.717, 1.165) is 0 Å². The highest BCUT2D eigenvalue weighted by atomic mass is 32.1. The van der Waals surface area contributed by atoms with Gasteiger partial charge in [0.15, 0.2) is 0 Å². The maximum Gasteiger partial charge on any atom is 0.308 e. The predicted octanol–water partition coefficient (Wildman–Crippen LogP) is 1.93. The Hall–Kier alpha value is -1.36. The average molecular weight is 241 g/mol. The Morgan fingerprint density at radius 2 is 2.25 bits per heavy atom. The molecule has 0 aliphatic rings. The number of amides is 1. The molecule has 0 aliphatic heterocycles. The average Bonchev–Trinajstić information content (AvgIpc) is 2.77. The van der Waals surface area contributed by atoms with Crippen LogP contribution in [0.2, 0.25) is 0 Å². The van der Waals surface area contributed by atoms with Crippen molar-refractivity contribution in [3.05, 3.63) is 22.4 Å². The number of hydrogen-bond donors (Lipinski definition) is 1. The summed E-state index contributed by atoms with van der Waals surface area (Å²) >= 11 is 1.46. The van der Waals surface area contributed by atoms with Crippen molar-refractivity contribution in [3.63, 3.8) is 0 Å². The molecule has 1 aromatic rings. The molecule has 5 heteroatoms. The van der Waals surface area contributed by atoms with Gasteiger partial charge in [0.2, 0.25) is 0 Å². The summed E-state index contributed by atoms with van der Waals surface area (Å²) in [5, 5.41) is 12.4. The summed E-state index contributed by atoms with van der Waals surface area (Å²) in [6.45, 7) is 4.22. The topological polar surface area (TPSA) is 57.6 Å². The summed E-state index contributed by atoms with van der Waals surface area (Å²) in [7, 11) is 0. The molecule has 0 spiro atoms. The second-order valence-electron chi connectivity index (χ2n) is 3.60. The highest BCUT2D eigenvalue weighted by Crippen LogP contribution is 2.11. The van der Waals surface area contributed by atoms with Gasteiger partial charge in [-0.15, -0.1) is 0 Å². The zero-order valence-corrected chi connectivity index (χ0v) is 10.2. The van der Waals surface area contributed by atoms with Gasteiger partial charge in [-0.3, -0.25) is 9.59 Å². The minimum Gasteiger partial charge on any atom is -0.481 e. The van der Waals surface area contributed by atoms with E-state index in [4.69, 9.17) is 5.11 Å². The van der Waals surface area contributed by atoms with E-state index >= 15 is 0 Å². The molecule has 88 valence electrons. The number of carbonyl (C=O) groups excluding carboxylic acids is 1. The van der Waals surface area contributed by atoms with Gasteiger partial charge in [0.05, 0.1) is 11.5 Å². The number of hydrogen-bond acceptors (Lipinski definition) is 3. The number of rotatable bonds is 5. The molecule has 1 aromatic heterocycles. The van der Waals surface area contributed by atoms with E-state index in [9.17, 15) is 9.59 Å². The van der Waals surface area contributed by atoms with Gasteiger partial charge in [0.1, 0.15) is 0 Å². The molecule has 1 unspecified atom stereocenters. The first kappa shape index (κ1) is 12.7. The molecule has 0 saturated heterocycles. The largest absolute Gasteiger partial charge is 0.481 e. The van der Waals surface area contributed by atoms with E-state index in [2.05, 4.69) is 0 Å².